The molecule has 0 fully saturated rings. The Hall–Kier alpha value is -1.78. The second kappa shape index (κ2) is 26.9. The van der Waals surface area contributed by atoms with E-state index in [0.29, 0.717) is 0 Å². The normalized spacial score (nSPS) is 12.2. The lowest BCUT2D eigenvalue weighted by Gasteiger charge is -2.36. The zero-order valence-electron chi connectivity index (χ0n) is 33.9. The first-order valence-electron chi connectivity index (χ1n) is 21.4. The van der Waals surface area contributed by atoms with E-state index in [1.807, 2.05) is 0 Å². The minimum atomic E-state index is 1.12. The number of aromatic nitrogens is 2. The van der Waals surface area contributed by atoms with E-state index in [4.69, 9.17) is 0 Å². The van der Waals surface area contributed by atoms with Crippen molar-refractivity contribution in [2.24, 2.45) is 0 Å². The Morgan fingerprint density at radius 1 is 0.388 bits per heavy atom. The molecule has 2 heterocycles. The highest BCUT2D eigenvalue weighted by Crippen LogP contribution is 2.16. The summed E-state index contributed by atoms with van der Waals surface area (Å²) < 4.78 is 7.09. The zero-order valence-corrected chi connectivity index (χ0v) is 33.9. The number of pyridine rings is 2. The average molecular weight is 681 g/mol. The lowest BCUT2D eigenvalue weighted by Crippen LogP contribution is -2.51. The number of quaternary nitrogens is 2. The predicted molar refractivity (Wildman–Crippen MR) is 213 cm³/mol. The van der Waals surface area contributed by atoms with E-state index >= 15 is 0 Å². The number of rotatable bonds is 32. The van der Waals surface area contributed by atoms with Crippen molar-refractivity contribution in [3.8, 4) is 11.1 Å². The number of aryl methyl sites for hydroxylation is 2. The summed E-state index contributed by atoms with van der Waals surface area (Å²) in [5.41, 5.74) is 2.65. The van der Waals surface area contributed by atoms with Gasteiger partial charge < -0.3 is 8.97 Å². The summed E-state index contributed by atoms with van der Waals surface area (Å²) in [6.07, 6.45) is 41.2. The minimum absolute atomic E-state index is 1.12. The van der Waals surface area contributed by atoms with Gasteiger partial charge in [-0.25, -0.2) is 9.13 Å². The van der Waals surface area contributed by atoms with E-state index in [1.165, 1.54) is 189 Å². The van der Waals surface area contributed by atoms with Crippen molar-refractivity contribution in [3.05, 3.63) is 49.1 Å². The fraction of sp³-hybridized carbons (Fsp3) is 0.778. The Kier molecular flexibility index (Phi) is 23.9. The van der Waals surface area contributed by atoms with Crippen LogP contribution in [0.15, 0.2) is 49.1 Å². The summed E-state index contributed by atoms with van der Waals surface area (Å²) >= 11 is 0. The molecule has 0 saturated carbocycles. The first kappa shape index (κ1) is 43.4. The number of likely N-dealkylation sites (N-methyl/N-ethyl adjacent to an activating group) is 2. The third-order valence-corrected chi connectivity index (χ3v) is 11.0. The van der Waals surface area contributed by atoms with Crippen LogP contribution in [0.5, 0.6) is 0 Å². The maximum absolute atomic E-state index is 2.45. The third kappa shape index (κ3) is 22.6. The zero-order chi connectivity index (χ0) is 35.5. The van der Waals surface area contributed by atoms with Crippen molar-refractivity contribution < 1.29 is 18.1 Å². The van der Waals surface area contributed by atoms with Crippen molar-refractivity contribution in [3.63, 3.8) is 0 Å². The van der Waals surface area contributed by atoms with Crippen molar-refractivity contribution in [2.75, 3.05) is 54.4 Å². The summed E-state index contributed by atoms with van der Waals surface area (Å²) in [7, 11) is 9.79. The molecule has 49 heavy (non-hydrogen) atoms. The smallest absolute Gasteiger partial charge is 0.176 e. The Morgan fingerprint density at radius 2 is 0.776 bits per heavy atom. The Bertz CT molecular complexity index is 1040. The fourth-order valence-corrected chi connectivity index (χ4v) is 7.22. The van der Waals surface area contributed by atoms with Gasteiger partial charge in [0.25, 0.3) is 0 Å². The fourth-order valence-electron chi connectivity index (χ4n) is 7.22. The molecule has 0 amide bonds. The van der Waals surface area contributed by atoms with E-state index in [2.05, 4.69) is 100 Å². The van der Waals surface area contributed by atoms with Gasteiger partial charge in [0.1, 0.15) is 26.2 Å². The quantitative estimate of drug-likeness (QED) is 0.0413. The summed E-state index contributed by atoms with van der Waals surface area (Å²) in [6, 6.07) is 9.07. The lowest BCUT2D eigenvalue weighted by molar-refractivity contribution is -0.946. The molecule has 0 unspecified atom stereocenters. The second-order valence-corrected chi connectivity index (χ2v) is 16.8. The molecule has 0 N–H and O–H groups in total. The van der Waals surface area contributed by atoms with Crippen LogP contribution >= 0.6 is 0 Å². The van der Waals surface area contributed by atoms with Gasteiger partial charge >= 0.3 is 0 Å². The predicted octanol–water partition coefficient (Wildman–Crippen LogP) is 11.1. The molecule has 280 valence electrons. The van der Waals surface area contributed by atoms with Gasteiger partial charge in [0.2, 0.25) is 0 Å². The SMILES string of the molecule is CCCCCCCCCCCC[n+]1cccc(-c2cc[n+](CCCCC[N+](C)(C)CC[N+](C)(C)CCCCCCCCCCCC)cc2)c1. The van der Waals surface area contributed by atoms with Gasteiger partial charge in [0.15, 0.2) is 24.8 Å². The molecule has 0 atom stereocenters. The number of unbranched alkanes of at least 4 members (excludes halogenated alkanes) is 20. The van der Waals surface area contributed by atoms with Crippen LogP contribution < -0.4 is 9.13 Å². The summed E-state index contributed by atoms with van der Waals surface area (Å²) in [6.45, 7) is 12.0. The molecule has 0 bridgehead atoms. The number of nitrogens with zero attached hydrogens (tertiary/aromatic N) is 4. The molecule has 0 aliphatic carbocycles. The molecule has 0 aliphatic heterocycles. The monoisotopic (exact) mass is 681 g/mol. The summed E-state index contributed by atoms with van der Waals surface area (Å²) in [5, 5.41) is 0. The molecular weight excluding hydrogens is 597 g/mol. The Balaban J connectivity index is 1.56. The molecule has 2 rings (SSSR count). The molecule has 0 aliphatic rings. The highest BCUT2D eigenvalue weighted by molar-refractivity contribution is 5.60. The van der Waals surface area contributed by atoms with E-state index in [1.54, 1.807) is 0 Å². The number of hydrogen-bond acceptors (Lipinski definition) is 0. The van der Waals surface area contributed by atoms with Crippen molar-refractivity contribution in [2.45, 2.75) is 175 Å². The average Bonchev–Trinajstić information content (AvgIpc) is 3.09. The first-order chi connectivity index (χ1) is 23.7. The van der Waals surface area contributed by atoms with E-state index < -0.39 is 0 Å². The maximum atomic E-state index is 2.45. The van der Waals surface area contributed by atoms with Gasteiger partial charge in [0, 0.05) is 36.6 Å². The lowest BCUT2D eigenvalue weighted by atomic mass is 10.1. The van der Waals surface area contributed by atoms with Gasteiger partial charge in [-0.05, 0) is 43.7 Å². The van der Waals surface area contributed by atoms with Crippen LogP contribution in [0, 0.1) is 0 Å². The molecular formula is C45H84N4+4. The van der Waals surface area contributed by atoms with Crippen LogP contribution in [-0.2, 0) is 13.1 Å². The van der Waals surface area contributed by atoms with Crippen LogP contribution in [0.25, 0.3) is 11.1 Å². The molecule has 0 saturated heterocycles. The molecule has 0 radical (unpaired) electrons. The Labute approximate surface area is 306 Å². The summed E-state index contributed by atoms with van der Waals surface area (Å²) in [4.78, 5) is 0. The van der Waals surface area contributed by atoms with Crippen molar-refractivity contribution in [1.29, 1.82) is 0 Å². The largest absolute Gasteiger partial charge is 0.324 e. The molecule has 0 spiro atoms. The molecule has 4 heteroatoms. The van der Waals surface area contributed by atoms with Crippen LogP contribution in [0.4, 0.5) is 0 Å². The molecule has 2 aromatic heterocycles. The van der Waals surface area contributed by atoms with Crippen LogP contribution in [0.3, 0.4) is 0 Å². The van der Waals surface area contributed by atoms with Gasteiger partial charge in [-0.1, -0.05) is 117 Å². The third-order valence-electron chi connectivity index (χ3n) is 11.0. The van der Waals surface area contributed by atoms with Crippen LogP contribution in [0.2, 0.25) is 0 Å². The highest BCUT2D eigenvalue weighted by Gasteiger charge is 2.22. The van der Waals surface area contributed by atoms with Gasteiger partial charge in [0.05, 0.1) is 41.3 Å². The van der Waals surface area contributed by atoms with E-state index in [9.17, 15) is 0 Å². The maximum Gasteiger partial charge on any atom is 0.176 e. The van der Waals surface area contributed by atoms with Crippen molar-refractivity contribution >= 4 is 0 Å². The van der Waals surface area contributed by atoms with Gasteiger partial charge in [-0.2, -0.15) is 0 Å². The van der Waals surface area contributed by atoms with Crippen LogP contribution in [-0.4, -0.2) is 63.3 Å². The van der Waals surface area contributed by atoms with Gasteiger partial charge in [-0.15, -0.1) is 0 Å². The van der Waals surface area contributed by atoms with Crippen molar-refractivity contribution in [1.82, 2.24) is 0 Å². The first-order valence-corrected chi connectivity index (χ1v) is 21.4. The topological polar surface area (TPSA) is 7.76 Å². The second-order valence-electron chi connectivity index (χ2n) is 16.8. The van der Waals surface area contributed by atoms with E-state index in [-0.39, 0.29) is 0 Å². The minimum Gasteiger partial charge on any atom is -0.324 e. The molecule has 4 nitrogen and oxygen atoms in total. The van der Waals surface area contributed by atoms with Crippen LogP contribution in [0.1, 0.15) is 162 Å². The summed E-state index contributed by atoms with van der Waals surface area (Å²) in [5.74, 6) is 0. The standard InChI is InChI=1S/C45H84N4/c1-7-9-11-13-15-17-19-21-23-26-35-47-36-30-31-45(43-47)44-32-37-46(38-33-44)34-27-25-29-40-49(5,6)42-41-48(3,4)39-28-24-22-20-18-16-14-12-10-8-2/h30-33,36-38,43H,7-29,34-35,39-42H2,1-6H3/q+4. The van der Waals surface area contributed by atoms with Gasteiger partial charge in [-0.3, -0.25) is 0 Å². The number of hydrogen-bond donors (Lipinski definition) is 0. The highest BCUT2D eigenvalue weighted by atomic mass is 15.4. The van der Waals surface area contributed by atoms with E-state index in [0.717, 1.165) is 17.6 Å². The molecule has 2 aromatic rings. The Morgan fingerprint density at radius 3 is 1.24 bits per heavy atom. The molecule has 0 aromatic carbocycles.